The highest BCUT2D eigenvalue weighted by Crippen LogP contribution is 2.18. The van der Waals surface area contributed by atoms with E-state index in [1.165, 1.54) is 17.4 Å². The molecule has 0 aliphatic carbocycles. The van der Waals surface area contributed by atoms with Gasteiger partial charge in [0.05, 0.1) is 7.11 Å². The van der Waals surface area contributed by atoms with Gasteiger partial charge in [0.25, 0.3) is 0 Å². The molecule has 0 saturated heterocycles. The number of para-hydroxylation sites is 1. The molecule has 0 atom stereocenters. The van der Waals surface area contributed by atoms with Crippen LogP contribution in [0.1, 0.15) is 10.4 Å². The second kappa shape index (κ2) is 5.80. The van der Waals surface area contributed by atoms with E-state index in [0.717, 1.165) is 16.2 Å². The van der Waals surface area contributed by atoms with Crippen molar-refractivity contribution in [2.75, 3.05) is 7.11 Å². The standard InChI is InChI=1S/C13H14FNOS/c1-16-12-5-3-2-4-10(12)8-15-9-11-6-7-13(14)17-11/h2-7,15H,8-9H2,1H3. The number of ether oxygens (including phenoxy) is 1. The average molecular weight is 251 g/mol. The van der Waals surface area contributed by atoms with Crippen LogP contribution in [0.25, 0.3) is 0 Å². The molecule has 4 heteroatoms. The van der Waals surface area contributed by atoms with Crippen LogP contribution in [0.2, 0.25) is 0 Å². The van der Waals surface area contributed by atoms with Gasteiger partial charge in [-0.15, -0.1) is 11.3 Å². The highest BCUT2D eigenvalue weighted by atomic mass is 32.1. The first kappa shape index (κ1) is 12.1. The SMILES string of the molecule is COc1ccccc1CNCc1ccc(F)s1. The minimum absolute atomic E-state index is 0.140. The lowest BCUT2D eigenvalue weighted by Crippen LogP contribution is -2.12. The summed E-state index contributed by atoms with van der Waals surface area (Å²) in [5, 5.41) is 3.13. The van der Waals surface area contributed by atoms with Crippen molar-refractivity contribution < 1.29 is 9.13 Å². The number of methoxy groups -OCH3 is 1. The van der Waals surface area contributed by atoms with Crippen LogP contribution >= 0.6 is 11.3 Å². The Labute approximate surface area is 104 Å². The molecule has 0 fully saturated rings. The maximum atomic E-state index is 12.8. The summed E-state index contributed by atoms with van der Waals surface area (Å²) in [6, 6.07) is 11.2. The van der Waals surface area contributed by atoms with Crippen LogP contribution < -0.4 is 10.1 Å². The van der Waals surface area contributed by atoms with Crippen molar-refractivity contribution in [3.63, 3.8) is 0 Å². The largest absolute Gasteiger partial charge is 0.496 e. The molecule has 0 aliphatic heterocycles. The third-order valence-electron chi connectivity index (χ3n) is 2.44. The van der Waals surface area contributed by atoms with Gasteiger partial charge in [-0.05, 0) is 18.2 Å². The minimum Gasteiger partial charge on any atom is -0.496 e. The van der Waals surface area contributed by atoms with Crippen LogP contribution in [0.15, 0.2) is 36.4 Å². The molecule has 1 N–H and O–H groups in total. The molecule has 2 nitrogen and oxygen atoms in total. The summed E-state index contributed by atoms with van der Waals surface area (Å²) in [5.74, 6) is 0.873. The molecule has 0 spiro atoms. The highest BCUT2D eigenvalue weighted by molar-refractivity contribution is 7.10. The van der Waals surface area contributed by atoms with Crippen molar-refractivity contribution >= 4 is 11.3 Å². The van der Waals surface area contributed by atoms with Crippen molar-refractivity contribution in [2.24, 2.45) is 0 Å². The number of halogens is 1. The zero-order valence-electron chi connectivity index (χ0n) is 9.57. The summed E-state index contributed by atoms with van der Waals surface area (Å²) < 4.78 is 18.0. The summed E-state index contributed by atoms with van der Waals surface area (Å²) in [6.45, 7) is 1.39. The molecule has 0 saturated carbocycles. The van der Waals surface area contributed by atoms with Crippen molar-refractivity contribution in [1.82, 2.24) is 5.32 Å². The van der Waals surface area contributed by atoms with E-state index < -0.39 is 0 Å². The maximum Gasteiger partial charge on any atom is 0.176 e. The second-order valence-corrected chi connectivity index (χ2v) is 4.74. The Balaban J connectivity index is 1.89. The van der Waals surface area contributed by atoms with E-state index in [-0.39, 0.29) is 5.13 Å². The Kier molecular flexibility index (Phi) is 4.12. The minimum atomic E-state index is -0.140. The predicted molar refractivity (Wildman–Crippen MR) is 67.8 cm³/mol. The average Bonchev–Trinajstić information content (AvgIpc) is 2.76. The molecule has 1 aromatic carbocycles. The van der Waals surface area contributed by atoms with Gasteiger partial charge in [-0.25, -0.2) is 0 Å². The topological polar surface area (TPSA) is 21.3 Å². The quantitative estimate of drug-likeness (QED) is 0.881. The van der Waals surface area contributed by atoms with Gasteiger partial charge in [0.2, 0.25) is 0 Å². The van der Waals surface area contributed by atoms with Gasteiger partial charge in [-0.2, -0.15) is 4.39 Å². The number of nitrogens with one attached hydrogen (secondary N) is 1. The van der Waals surface area contributed by atoms with E-state index in [9.17, 15) is 4.39 Å². The lowest BCUT2D eigenvalue weighted by Gasteiger charge is -2.08. The lowest BCUT2D eigenvalue weighted by atomic mass is 10.2. The molecule has 0 radical (unpaired) electrons. The fraction of sp³-hybridized carbons (Fsp3) is 0.231. The summed E-state index contributed by atoms with van der Waals surface area (Å²) in [7, 11) is 1.66. The third kappa shape index (κ3) is 3.28. The normalized spacial score (nSPS) is 10.5. The number of benzene rings is 1. The van der Waals surface area contributed by atoms with Crippen LogP contribution in [0.4, 0.5) is 4.39 Å². The van der Waals surface area contributed by atoms with E-state index in [2.05, 4.69) is 5.32 Å². The van der Waals surface area contributed by atoms with Crippen LogP contribution in [-0.2, 0) is 13.1 Å². The van der Waals surface area contributed by atoms with E-state index in [1.807, 2.05) is 24.3 Å². The fourth-order valence-electron chi connectivity index (χ4n) is 1.62. The van der Waals surface area contributed by atoms with Crippen molar-refractivity contribution in [1.29, 1.82) is 0 Å². The predicted octanol–water partition coefficient (Wildman–Crippen LogP) is 3.19. The van der Waals surface area contributed by atoms with Crippen molar-refractivity contribution in [3.8, 4) is 5.75 Å². The summed E-state index contributed by atoms with van der Waals surface area (Å²) in [6.07, 6.45) is 0. The first-order valence-corrected chi connectivity index (χ1v) is 6.18. The second-order valence-electron chi connectivity index (χ2n) is 3.62. The maximum absolute atomic E-state index is 12.8. The van der Waals surface area contributed by atoms with Gasteiger partial charge in [-0.1, -0.05) is 18.2 Å². The van der Waals surface area contributed by atoms with E-state index >= 15 is 0 Å². The highest BCUT2D eigenvalue weighted by Gasteiger charge is 2.02. The molecule has 0 bridgehead atoms. The summed E-state index contributed by atoms with van der Waals surface area (Å²) >= 11 is 1.17. The van der Waals surface area contributed by atoms with Crippen LogP contribution in [0.5, 0.6) is 5.75 Å². The molecular formula is C13H14FNOS. The summed E-state index contributed by atoms with van der Waals surface area (Å²) in [5.41, 5.74) is 1.10. The Hall–Kier alpha value is -1.39. The summed E-state index contributed by atoms with van der Waals surface area (Å²) in [4.78, 5) is 0.998. The van der Waals surface area contributed by atoms with Crippen LogP contribution in [-0.4, -0.2) is 7.11 Å². The Morgan fingerprint density at radius 2 is 2.00 bits per heavy atom. The van der Waals surface area contributed by atoms with Gasteiger partial charge in [-0.3, -0.25) is 0 Å². The molecule has 0 aliphatic rings. The first-order chi connectivity index (χ1) is 8.29. The molecule has 2 rings (SSSR count). The first-order valence-electron chi connectivity index (χ1n) is 5.36. The monoisotopic (exact) mass is 251 g/mol. The molecule has 2 aromatic rings. The van der Waals surface area contributed by atoms with Gasteiger partial charge in [0, 0.05) is 23.5 Å². The number of thiophene rings is 1. The molecule has 0 amide bonds. The zero-order valence-corrected chi connectivity index (χ0v) is 10.4. The molecule has 1 aromatic heterocycles. The molecule has 90 valence electrons. The Morgan fingerprint density at radius 3 is 2.71 bits per heavy atom. The van der Waals surface area contributed by atoms with Gasteiger partial charge >= 0.3 is 0 Å². The fourth-order valence-corrected chi connectivity index (χ4v) is 2.31. The Morgan fingerprint density at radius 1 is 1.18 bits per heavy atom. The number of rotatable bonds is 5. The molecular weight excluding hydrogens is 237 g/mol. The molecule has 0 unspecified atom stereocenters. The van der Waals surface area contributed by atoms with Gasteiger partial charge < -0.3 is 10.1 Å². The van der Waals surface area contributed by atoms with Crippen molar-refractivity contribution in [2.45, 2.75) is 13.1 Å². The van der Waals surface area contributed by atoms with Crippen molar-refractivity contribution in [3.05, 3.63) is 52.0 Å². The third-order valence-corrected chi connectivity index (χ3v) is 3.31. The van der Waals surface area contributed by atoms with Crippen LogP contribution in [0, 0.1) is 5.13 Å². The molecule has 17 heavy (non-hydrogen) atoms. The van der Waals surface area contributed by atoms with Crippen LogP contribution in [0.3, 0.4) is 0 Å². The molecule has 1 heterocycles. The van der Waals surface area contributed by atoms with E-state index in [1.54, 1.807) is 13.2 Å². The Bertz CT molecular complexity index is 484. The lowest BCUT2D eigenvalue weighted by molar-refractivity contribution is 0.407. The van der Waals surface area contributed by atoms with Gasteiger partial charge in [0.15, 0.2) is 5.13 Å². The number of hydrogen-bond donors (Lipinski definition) is 1. The smallest absolute Gasteiger partial charge is 0.176 e. The van der Waals surface area contributed by atoms with E-state index in [4.69, 9.17) is 4.74 Å². The zero-order chi connectivity index (χ0) is 12.1. The van der Waals surface area contributed by atoms with E-state index in [0.29, 0.717) is 13.1 Å². The number of hydrogen-bond acceptors (Lipinski definition) is 3. The van der Waals surface area contributed by atoms with Gasteiger partial charge in [0.1, 0.15) is 5.75 Å².